The molecule has 6 heteroatoms. The van der Waals surface area contributed by atoms with Crippen LogP contribution in [0.3, 0.4) is 0 Å². The maximum absolute atomic E-state index is 13.5. The van der Waals surface area contributed by atoms with Crippen LogP contribution in [-0.4, -0.2) is 29.6 Å². The van der Waals surface area contributed by atoms with E-state index >= 15 is 0 Å². The van der Waals surface area contributed by atoms with E-state index in [1.54, 1.807) is 0 Å². The van der Waals surface area contributed by atoms with Gasteiger partial charge in [0.1, 0.15) is 5.82 Å². The summed E-state index contributed by atoms with van der Waals surface area (Å²) in [6, 6.07) is 3.37. The molecule has 21 heavy (non-hydrogen) atoms. The number of nitrogens with one attached hydrogen (secondary N) is 2. The minimum absolute atomic E-state index is 0.0421. The van der Waals surface area contributed by atoms with E-state index in [1.807, 2.05) is 13.8 Å². The molecule has 116 valence electrons. The smallest absolute Gasteiger partial charge is 0.251 e. The molecule has 1 rings (SSSR count). The summed E-state index contributed by atoms with van der Waals surface area (Å²) in [6.07, 6.45) is 0.641. The van der Waals surface area contributed by atoms with E-state index < -0.39 is 17.6 Å². The summed E-state index contributed by atoms with van der Waals surface area (Å²) < 4.78 is 13.5. The van der Waals surface area contributed by atoms with Gasteiger partial charge in [0.05, 0.1) is 18.3 Å². The van der Waals surface area contributed by atoms with Crippen molar-refractivity contribution in [3.63, 3.8) is 0 Å². The lowest BCUT2D eigenvalue weighted by Crippen LogP contribution is -2.38. The van der Waals surface area contributed by atoms with Crippen LogP contribution in [0.5, 0.6) is 0 Å². The maximum Gasteiger partial charge on any atom is 0.251 e. The zero-order valence-corrected chi connectivity index (χ0v) is 12.4. The Balaban J connectivity index is 2.84. The summed E-state index contributed by atoms with van der Waals surface area (Å²) in [4.78, 5) is 23.1. The van der Waals surface area contributed by atoms with Crippen LogP contribution in [0.25, 0.3) is 0 Å². The molecular formula is C15H21FN2O3. The number of benzene rings is 1. The molecule has 0 radical (unpaired) electrons. The van der Waals surface area contributed by atoms with Crippen molar-refractivity contribution < 1.29 is 19.1 Å². The van der Waals surface area contributed by atoms with E-state index in [0.717, 1.165) is 6.07 Å². The van der Waals surface area contributed by atoms with Crippen molar-refractivity contribution in [3.8, 4) is 0 Å². The number of halogens is 1. The molecule has 0 aliphatic carbocycles. The van der Waals surface area contributed by atoms with Crippen molar-refractivity contribution >= 4 is 17.5 Å². The van der Waals surface area contributed by atoms with E-state index in [2.05, 4.69) is 10.6 Å². The van der Waals surface area contributed by atoms with Gasteiger partial charge in [-0.1, -0.05) is 13.8 Å². The van der Waals surface area contributed by atoms with Crippen LogP contribution >= 0.6 is 0 Å². The first-order chi connectivity index (χ1) is 9.83. The zero-order chi connectivity index (χ0) is 16.0. The Labute approximate surface area is 123 Å². The SMILES string of the molecule is CC(=O)Nc1cc(C(=O)NC(CO)CC(C)C)ccc1F. The van der Waals surface area contributed by atoms with Gasteiger partial charge in [-0.05, 0) is 30.5 Å². The number of anilines is 1. The number of carbonyl (C=O) groups excluding carboxylic acids is 2. The van der Waals surface area contributed by atoms with Crippen LogP contribution in [0.2, 0.25) is 0 Å². The van der Waals surface area contributed by atoms with Gasteiger partial charge < -0.3 is 15.7 Å². The van der Waals surface area contributed by atoms with Crippen molar-refractivity contribution in [2.75, 3.05) is 11.9 Å². The Bertz CT molecular complexity index is 518. The molecule has 0 fully saturated rings. The molecule has 0 aromatic heterocycles. The number of aliphatic hydroxyl groups excluding tert-OH is 1. The highest BCUT2D eigenvalue weighted by molar-refractivity contribution is 5.97. The molecule has 0 saturated carbocycles. The first-order valence-electron chi connectivity index (χ1n) is 6.82. The lowest BCUT2D eigenvalue weighted by Gasteiger charge is -2.18. The molecule has 0 spiro atoms. The number of hydrogen-bond acceptors (Lipinski definition) is 3. The number of aliphatic hydroxyl groups is 1. The zero-order valence-electron chi connectivity index (χ0n) is 12.4. The maximum atomic E-state index is 13.5. The second-order valence-corrected chi connectivity index (χ2v) is 5.36. The summed E-state index contributed by atoms with van der Waals surface area (Å²) in [5.41, 5.74) is 0.182. The van der Waals surface area contributed by atoms with Gasteiger partial charge in [-0.2, -0.15) is 0 Å². The average molecular weight is 296 g/mol. The fourth-order valence-corrected chi connectivity index (χ4v) is 1.97. The molecule has 3 N–H and O–H groups in total. The van der Waals surface area contributed by atoms with Crippen molar-refractivity contribution in [1.82, 2.24) is 5.32 Å². The molecule has 0 heterocycles. The number of hydrogen-bond donors (Lipinski definition) is 3. The predicted molar refractivity (Wildman–Crippen MR) is 78.5 cm³/mol. The molecule has 1 aromatic carbocycles. The molecule has 5 nitrogen and oxygen atoms in total. The van der Waals surface area contributed by atoms with Crippen LogP contribution in [-0.2, 0) is 4.79 Å². The minimum atomic E-state index is -0.609. The third-order valence-corrected chi connectivity index (χ3v) is 2.85. The van der Waals surface area contributed by atoms with Crippen LogP contribution in [0.1, 0.15) is 37.6 Å². The summed E-state index contributed by atoms with van der Waals surface area (Å²) in [5.74, 6) is -1.12. The standard InChI is InChI=1S/C15H21FN2O3/c1-9(2)6-12(8-19)18-15(21)11-4-5-13(16)14(7-11)17-10(3)20/h4-5,7,9,12,19H,6,8H2,1-3H3,(H,17,20)(H,18,21). The van der Waals surface area contributed by atoms with Gasteiger partial charge in [0.25, 0.3) is 5.91 Å². The molecular weight excluding hydrogens is 275 g/mol. The van der Waals surface area contributed by atoms with Crippen LogP contribution in [0, 0.1) is 11.7 Å². The first kappa shape index (κ1) is 17.1. The van der Waals surface area contributed by atoms with Crippen LogP contribution in [0.4, 0.5) is 10.1 Å². The first-order valence-corrected chi connectivity index (χ1v) is 6.82. The normalized spacial score (nSPS) is 12.1. The molecule has 0 saturated heterocycles. The van der Waals surface area contributed by atoms with Crippen LogP contribution in [0.15, 0.2) is 18.2 Å². The van der Waals surface area contributed by atoms with Gasteiger partial charge in [0.15, 0.2) is 0 Å². The van der Waals surface area contributed by atoms with E-state index in [1.165, 1.54) is 19.1 Å². The molecule has 1 atom stereocenters. The van der Waals surface area contributed by atoms with Gasteiger partial charge in [0.2, 0.25) is 5.91 Å². The second-order valence-electron chi connectivity index (χ2n) is 5.36. The third kappa shape index (κ3) is 5.51. The lowest BCUT2D eigenvalue weighted by molar-refractivity contribution is -0.114. The average Bonchev–Trinajstić information content (AvgIpc) is 2.39. The lowest BCUT2D eigenvalue weighted by atomic mass is 10.0. The summed E-state index contributed by atoms with van der Waals surface area (Å²) >= 11 is 0. The Morgan fingerprint density at radius 3 is 2.52 bits per heavy atom. The van der Waals surface area contributed by atoms with Crippen molar-refractivity contribution in [1.29, 1.82) is 0 Å². The van der Waals surface area contributed by atoms with Crippen molar-refractivity contribution in [3.05, 3.63) is 29.6 Å². The van der Waals surface area contributed by atoms with Crippen molar-refractivity contribution in [2.24, 2.45) is 5.92 Å². The van der Waals surface area contributed by atoms with Crippen molar-refractivity contribution in [2.45, 2.75) is 33.2 Å². The number of amides is 2. The van der Waals surface area contributed by atoms with E-state index in [-0.39, 0.29) is 23.9 Å². The van der Waals surface area contributed by atoms with Gasteiger partial charge in [0, 0.05) is 12.5 Å². The Kier molecular flexibility index (Phi) is 6.30. The molecule has 0 bridgehead atoms. The molecule has 0 aliphatic rings. The summed E-state index contributed by atoms with van der Waals surface area (Å²) in [7, 11) is 0. The fraction of sp³-hybridized carbons (Fsp3) is 0.467. The Morgan fingerprint density at radius 2 is 2.00 bits per heavy atom. The predicted octanol–water partition coefficient (Wildman–Crippen LogP) is 1.92. The topological polar surface area (TPSA) is 78.4 Å². The van der Waals surface area contributed by atoms with Gasteiger partial charge in [-0.15, -0.1) is 0 Å². The number of carbonyl (C=O) groups is 2. The molecule has 1 unspecified atom stereocenters. The molecule has 2 amide bonds. The monoisotopic (exact) mass is 296 g/mol. The Hall–Kier alpha value is -1.95. The second kappa shape index (κ2) is 7.73. The van der Waals surface area contributed by atoms with Gasteiger partial charge in [-0.3, -0.25) is 9.59 Å². The Morgan fingerprint density at radius 1 is 1.33 bits per heavy atom. The highest BCUT2D eigenvalue weighted by atomic mass is 19.1. The quantitative estimate of drug-likeness (QED) is 0.750. The van der Waals surface area contributed by atoms with Gasteiger partial charge >= 0.3 is 0 Å². The highest BCUT2D eigenvalue weighted by Crippen LogP contribution is 2.16. The fourth-order valence-electron chi connectivity index (χ4n) is 1.97. The largest absolute Gasteiger partial charge is 0.394 e. The van der Waals surface area contributed by atoms with E-state index in [4.69, 9.17) is 0 Å². The summed E-state index contributed by atoms with van der Waals surface area (Å²) in [5, 5.41) is 14.3. The highest BCUT2D eigenvalue weighted by Gasteiger charge is 2.16. The molecule has 1 aromatic rings. The molecule has 0 aliphatic heterocycles. The third-order valence-electron chi connectivity index (χ3n) is 2.85. The summed E-state index contributed by atoms with van der Waals surface area (Å²) in [6.45, 7) is 5.07. The van der Waals surface area contributed by atoms with E-state index in [9.17, 15) is 19.1 Å². The number of rotatable bonds is 6. The van der Waals surface area contributed by atoms with E-state index in [0.29, 0.717) is 12.3 Å². The minimum Gasteiger partial charge on any atom is -0.394 e. The van der Waals surface area contributed by atoms with Gasteiger partial charge in [-0.25, -0.2) is 4.39 Å². The van der Waals surface area contributed by atoms with Crippen LogP contribution < -0.4 is 10.6 Å².